The topological polar surface area (TPSA) is 72.5 Å². The molecule has 1 atom stereocenters. The van der Waals surface area contributed by atoms with Crippen LogP contribution in [0.25, 0.3) is 10.9 Å². The molecule has 1 saturated heterocycles. The molecule has 1 amide bonds. The van der Waals surface area contributed by atoms with Gasteiger partial charge in [-0.2, -0.15) is 0 Å². The third-order valence-electron chi connectivity index (χ3n) is 4.27. The number of nitrogens with zero attached hydrogens (tertiary/aromatic N) is 1. The molecule has 138 valence electrons. The number of halogens is 1. The van der Waals surface area contributed by atoms with Gasteiger partial charge in [-0.1, -0.05) is 54.1 Å². The monoisotopic (exact) mass is 383 g/mol. The zero-order valence-electron chi connectivity index (χ0n) is 14.4. The second-order valence-corrected chi connectivity index (χ2v) is 6.59. The molecular formula is C20H18ClN3O3. The van der Waals surface area contributed by atoms with Crippen molar-refractivity contribution in [1.29, 1.82) is 0 Å². The number of para-hydroxylation sites is 1. The Bertz CT molecular complexity index is 965. The van der Waals surface area contributed by atoms with Gasteiger partial charge >= 0.3 is 6.09 Å². The zero-order valence-corrected chi connectivity index (χ0v) is 15.2. The fraction of sp³-hybridized carbons (Fsp3) is 0.200. The molecule has 7 heteroatoms. The number of aromatic nitrogens is 1. The van der Waals surface area contributed by atoms with Crippen LogP contribution in [0.5, 0.6) is 5.75 Å². The third-order valence-corrected chi connectivity index (χ3v) is 4.46. The van der Waals surface area contributed by atoms with E-state index >= 15 is 0 Å². The van der Waals surface area contributed by atoms with Gasteiger partial charge in [0.15, 0.2) is 6.10 Å². The molecule has 0 aliphatic carbocycles. The first-order valence-electron chi connectivity index (χ1n) is 8.63. The van der Waals surface area contributed by atoms with E-state index in [9.17, 15) is 4.79 Å². The highest BCUT2D eigenvalue weighted by molar-refractivity contribution is 6.30. The molecule has 6 nitrogen and oxygen atoms in total. The van der Waals surface area contributed by atoms with Gasteiger partial charge < -0.3 is 20.1 Å². The number of rotatable bonds is 6. The number of hydrogen-bond acceptors (Lipinski definition) is 5. The average Bonchev–Trinajstić information content (AvgIpc) is 3.10. The summed E-state index contributed by atoms with van der Waals surface area (Å²) in [6.07, 6.45) is -0.738. The number of alkyl carbamates (subject to hydrolysis) is 1. The van der Waals surface area contributed by atoms with Crippen LogP contribution in [0.2, 0.25) is 5.15 Å². The summed E-state index contributed by atoms with van der Waals surface area (Å²) in [4.78, 5) is 15.6. The Hall–Kier alpha value is -2.99. The van der Waals surface area contributed by atoms with Crippen molar-refractivity contribution in [2.75, 3.05) is 18.5 Å². The number of carbonyl (C=O) groups excluding carboxylic acids is 1. The fourth-order valence-corrected chi connectivity index (χ4v) is 3.15. The smallest absolute Gasteiger partial charge is 0.407 e. The van der Waals surface area contributed by atoms with E-state index in [1.807, 2.05) is 36.4 Å². The maximum absolute atomic E-state index is 11.1. The van der Waals surface area contributed by atoms with Crippen LogP contribution in [0.15, 0.2) is 54.6 Å². The van der Waals surface area contributed by atoms with E-state index < -0.39 is 6.09 Å². The lowest BCUT2D eigenvalue weighted by Gasteiger charge is -2.14. The predicted octanol–water partition coefficient (Wildman–Crippen LogP) is 3.99. The van der Waals surface area contributed by atoms with Gasteiger partial charge in [0, 0.05) is 17.6 Å². The number of amides is 1. The molecule has 0 saturated carbocycles. The van der Waals surface area contributed by atoms with E-state index in [4.69, 9.17) is 21.1 Å². The summed E-state index contributed by atoms with van der Waals surface area (Å²) in [6.45, 7) is 1.35. The second kappa shape index (κ2) is 7.72. The number of carbonyl (C=O) groups is 1. The number of anilines is 1. The minimum Gasteiger partial charge on any atom is -0.487 e. The van der Waals surface area contributed by atoms with E-state index in [0.717, 1.165) is 11.1 Å². The van der Waals surface area contributed by atoms with Gasteiger partial charge in [0.1, 0.15) is 23.0 Å². The van der Waals surface area contributed by atoms with E-state index in [1.54, 1.807) is 6.07 Å². The van der Waals surface area contributed by atoms with Gasteiger partial charge in [-0.15, -0.1) is 0 Å². The average molecular weight is 384 g/mol. The van der Waals surface area contributed by atoms with Crippen molar-refractivity contribution in [2.24, 2.45) is 0 Å². The molecule has 27 heavy (non-hydrogen) atoms. The van der Waals surface area contributed by atoms with Crippen molar-refractivity contribution in [1.82, 2.24) is 10.3 Å². The highest BCUT2D eigenvalue weighted by Crippen LogP contribution is 2.32. The number of ether oxygens (including phenoxy) is 2. The first kappa shape index (κ1) is 17.4. The van der Waals surface area contributed by atoms with Crippen LogP contribution in [0.4, 0.5) is 10.5 Å². The molecule has 4 rings (SSSR count). The minimum atomic E-state index is -0.421. The van der Waals surface area contributed by atoms with Crippen molar-refractivity contribution in [3.8, 4) is 5.75 Å². The van der Waals surface area contributed by atoms with Gasteiger partial charge in [-0.05, 0) is 17.7 Å². The number of nitrogens with one attached hydrogen (secondary N) is 2. The minimum absolute atomic E-state index is 0.249. The van der Waals surface area contributed by atoms with Crippen molar-refractivity contribution >= 4 is 34.3 Å². The van der Waals surface area contributed by atoms with Crippen molar-refractivity contribution < 1.29 is 14.3 Å². The molecule has 2 aromatic carbocycles. The Morgan fingerprint density at radius 1 is 1.22 bits per heavy atom. The number of pyridine rings is 1. The van der Waals surface area contributed by atoms with E-state index in [2.05, 4.69) is 27.8 Å². The van der Waals surface area contributed by atoms with Gasteiger partial charge in [-0.3, -0.25) is 0 Å². The normalized spacial score (nSPS) is 16.0. The van der Waals surface area contributed by atoms with E-state index in [0.29, 0.717) is 29.5 Å². The van der Waals surface area contributed by atoms with Crippen LogP contribution >= 0.6 is 11.6 Å². The quantitative estimate of drug-likeness (QED) is 0.630. The van der Waals surface area contributed by atoms with Gasteiger partial charge in [0.2, 0.25) is 0 Å². The molecule has 3 aromatic rings. The van der Waals surface area contributed by atoms with Crippen molar-refractivity contribution in [2.45, 2.75) is 12.6 Å². The number of benzene rings is 2. The molecular weight excluding hydrogens is 366 g/mol. The molecule has 2 N–H and O–H groups in total. The second-order valence-electron chi connectivity index (χ2n) is 6.20. The summed E-state index contributed by atoms with van der Waals surface area (Å²) < 4.78 is 11.0. The Morgan fingerprint density at radius 3 is 2.85 bits per heavy atom. The predicted molar refractivity (Wildman–Crippen MR) is 104 cm³/mol. The zero-order chi connectivity index (χ0) is 18.6. The first-order valence-corrected chi connectivity index (χ1v) is 9.01. The van der Waals surface area contributed by atoms with Crippen LogP contribution in [0, 0.1) is 0 Å². The number of fused-ring (bicyclic) bond motifs is 1. The molecule has 1 aliphatic rings. The molecule has 1 unspecified atom stereocenters. The Kier molecular flexibility index (Phi) is 4.98. The summed E-state index contributed by atoms with van der Waals surface area (Å²) in [5.74, 6) is 0.598. The Balaban J connectivity index is 1.56. The third kappa shape index (κ3) is 4.06. The number of hydrogen-bond donors (Lipinski definition) is 2. The SMILES string of the molecule is O=C1NCC(COc2cccc3c(NCc4ccccc4)cc(Cl)nc23)O1. The van der Waals surface area contributed by atoms with Crippen LogP contribution in [0.1, 0.15) is 5.56 Å². The van der Waals surface area contributed by atoms with E-state index in [-0.39, 0.29) is 12.7 Å². The van der Waals surface area contributed by atoms with Crippen LogP contribution in [0.3, 0.4) is 0 Å². The lowest BCUT2D eigenvalue weighted by atomic mass is 10.1. The largest absolute Gasteiger partial charge is 0.487 e. The summed E-state index contributed by atoms with van der Waals surface area (Å²) in [6, 6.07) is 17.6. The molecule has 1 aromatic heterocycles. The van der Waals surface area contributed by atoms with Crippen LogP contribution in [-0.4, -0.2) is 30.3 Å². The molecule has 0 spiro atoms. The van der Waals surface area contributed by atoms with Crippen molar-refractivity contribution in [3.63, 3.8) is 0 Å². The number of cyclic esters (lactones) is 1. The lowest BCUT2D eigenvalue weighted by molar-refractivity contribution is 0.105. The van der Waals surface area contributed by atoms with Gasteiger partial charge in [-0.25, -0.2) is 9.78 Å². The first-order chi connectivity index (χ1) is 13.2. The van der Waals surface area contributed by atoms with Gasteiger partial charge in [0.05, 0.1) is 6.54 Å². The van der Waals surface area contributed by atoms with Crippen LogP contribution in [-0.2, 0) is 11.3 Å². The highest BCUT2D eigenvalue weighted by Gasteiger charge is 2.23. The Labute approximate surface area is 161 Å². The molecule has 0 bridgehead atoms. The summed E-state index contributed by atoms with van der Waals surface area (Å²) in [5.41, 5.74) is 2.72. The maximum Gasteiger partial charge on any atom is 0.407 e. The van der Waals surface area contributed by atoms with Crippen molar-refractivity contribution in [3.05, 3.63) is 65.3 Å². The standard InChI is InChI=1S/C20H18ClN3O3/c21-18-9-16(22-10-13-5-2-1-3-6-13)15-7-4-8-17(19(15)24-18)26-12-14-11-23-20(25)27-14/h1-9,14H,10-12H2,(H,22,24)(H,23,25). The molecule has 2 heterocycles. The maximum atomic E-state index is 11.1. The highest BCUT2D eigenvalue weighted by atomic mass is 35.5. The van der Waals surface area contributed by atoms with Gasteiger partial charge in [0.25, 0.3) is 0 Å². The molecule has 1 aliphatic heterocycles. The van der Waals surface area contributed by atoms with E-state index in [1.165, 1.54) is 5.56 Å². The molecule has 1 fully saturated rings. The fourth-order valence-electron chi connectivity index (χ4n) is 2.95. The van der Waals surface area contributed by atoms with Crippen LogP contribution < -0.4 is 15.4 Å². The summed E-state index contributed by atoms with van der Waals surface area (Å²) >= 11 is 6.24. The summed E-state index contributed by atoms with van der Waals surface area (Å²) in [7, 11) is 0. The Morgan fingerprint density at radius 2 is 2.07 bits per heavy atom. The molecule has 0 radical (unpaired) electrons. The summed E-state index contributed by atoms with van der Waals surface area (Å²) in [5, 5.41) is 7.31. The lowest BCUT2D eigenvalue weighted by Crippen LogP contribution is -2.22.